The SMILES string of the molecule is COC(=O)c1ccc(Cl)c(S(=O)(=O)Nc2cccc(C(F)(F)F)c2)c1. The smallest absolute Gasteiger partial charge is 0.416 e. The van der Waals surface area contributed by atoms with Crippen molar-refractivity contribution in [2.45, 2.75) is 11.1 Å². The first kappa shape index (κ1) is 19.1. The van der Waals surface area contributed by atoms with Crippen LogP contribution in [-0.2, 0) is 20.9 Å². The van der Waals surface area contributed by atoms with Crippen LogP contribution < -0.4 is 4.72 Å². The molecule has 0 amide bonds. The molecule has 10 heteroatoms. The Bertz CT molecular complexity index is 913. The summed E-state index contributed by atoms with van der Waals surface area (Å²) in [5.41, 5.74) is -1.38. The number of carbonyl (C=O) groups excluding carboxylic acids is 1. The molecule has 0 saturated heterocycles. The van der Waals surface area contributed by atoms with Gasteiger partial charge in [-0.1, -0.05) is 17.7 Å². The van der Waals surface area contributed by atoms with Gasteiger partial charge < -0.3 is 4.74 Å². The van der Waals surface area contributed by atoms with Crippen LogP contribution in [-0.4, -0.2) is 21.5 Å². The highest BCUT2D eigenvalue weighted by Crippen LogP contribution is 2.32. The zero-order valence-electron chi connectivity index (χ0n) is 12.6. The minimum atomic E-state index is -4.62. The topological polar surface area (TPSA) is 72.5 Å². The predicted molar refractivity (Wildman–Crippen MR) is 85.0 cm³/mol. The quantitative estimate of drug-likeness (QED) is 0.798. The van der Waals surface area contributed by atoms with Gasteiger partial charge >= 0.3 is 12.1 Å². The van der Waals surface area contributed by atoms with Crippen molar-refractivity contribution in [1.29, 1.82) is 0 Å². The van der Waals surface area contributed by atoms with Crippen LogP contribution in [0.5, 0.6) is 0 Å². The first-order valence-corrected chi connectivity index (χ1v) is 8.48. The molecule has 1 N–H and O–H groups in total. The van der Waals surface area contributed by atoms with E-state index in [-0.39, 0.29) is 16.3 Å². The Hall–Kier alpha value is -2.26. The molecule has 134 valence electrons. The van der Waals surface area contributed by atoms with Crippen molar-refractivity contribution in [3.63, 3.8) is 0 Å². The van der Waals surface area contributed by atoms with Crippen LogP contribution in [0, 0.1) is 0 Å². The van der Waals surface area contributed by atoms with Crippen LogP contribution in [0.4, 0.5) is 18.9 Å². The predicted octanol–water partition coefficient (Wildman–Crippen LogP) is 3.95. The number of alkyl halides is 3. The van der Waals surface area contributed by atoms with Gasteiger partial charge in [-0.25, -0.2) is 13.2 Å². The van der Waals surface area contributed by atoms with Crippen molar-refractivity contribution in [3.05, 3.63) is 58.6 Å². The number of rotatable bonds is 4. The number of esters is 1. The lowest BCUT2D eigenvalue weighted by atomic mass is 10.2. The van der Waals surface area contributed by atoms with E-state index in [9.17, 15) is 26.4 Å². The Labute approximate surface area is 146 Å². The van der Waals surface area contributed by atoms with Gasteiger partial charge in [0.2, 0.25) is 0 Å². The second-order valence-electron chi connectivity index (χ2n) is 4.82. The average molecular weight is 394 g/mol. The van der Waals surface area contributed by atoms with Gasteiger partial charge in [0.1, 0.15) is 4.90 Å². The van der Waals surface area contributed by atoms with Crippen molar-refractivity contribution in [2.24, 2.45) is 0 Å². The van der Waals surface area contributed by atoms with Crippen LogP contribution in [0.15, 0.2) is 47.4 Å². The van der Waals surface area contributed by atoms with E-state index in [1.54, 1.807) is 0 Å². The van der Waals surface area contributed by atoms with E-state index in [1.165, 1.54) is 12.1 Å². The number of sulfonamides is 1. The van der Waals surface area contributed by atoms with Crippen molar-refractivity contribution in [3.8, 4) is 0 Å². The summed E-state index contributed by atoms with van der Waals surface area (Å²) in [6.07, 6.45) is -4.62. The Balaban J connectivity index is 2.42. The number of hydrogen-bond acceptors (Lipinski definition) is 4. The van der Waals surface area contributed by atoms with Crippen molar-refractivity contribution in [2.75, 3.05) is 11.8 Å². The maximum atomic E-state index is 12.7. The van der Waals surface area contributed by atoms with Crippen LogP contribution >= 0.6 is 11.6 Å². The van der Waals surface area contributed by atoms with Crippen LogP contribution in [0.2, 0.25) is 5.02 Å². The highest BCUT2D eigenvalue weighted by Gasteiger charge is 2.31. The molecule has 0 aliphatic rings. The number of ether oxygens (including phenoxy) is 1. The van der Waals surface area contributed by atoms with Crippen molar-refractivity contribution >= 4 is 33.3 Å². The van der Waals surface area contributed by atoms with E-state index in [2.05, 4.69) is 4.74 Å². The number of methoxy groups -OCH3 is 1. The van der Waals surface area contributed by atoms with Gasteiger partial charge in [0, 0.05) is 5.69 Å². The average Bonchev–Trinajstić information content (AvgIpc) is 2.53. The molecule has 25 heavy (non-hydrogen) atoms. The summed E-state index contributed by atoms with van der Waals surface area (Å²) in [6, 6.07) is 7.09. The minimum absolute atomic E-state index is 0.0729. The summed E-state index contributed by atoms with van der Waals surface area (Å²) in [5.74, 6) is -0.785. The fourth-order valence-electron chi connectivity index (χ4n) is 1.92. The molecule has 0 bridgehead atoms. The molecule has 0 aliphatic heterocycles. The highest BCUT2D eigenvalue weighted by molar-refractivity contribution is 7.92. The van der Waals surface area contributed by atoms with E-state index in [4.69, 9.17) is 11.6 Å². The molecular formula is C15H11ClF3NO4S. The number of halogens is 4. The maximum Gasteiger partial charge on any atom is 0.416 e. The summed E-state index contributed by atoms with van der Waals surface area (Å²) in [4.78, 5) is 11.0. The van der Waals surface area contributed by atoms with Gasteiger partial charge in [-0.15, -0.1) is 0 Å². The lowest BCUT2D eigenvalue weighted by molar-refractivity contribution is -0.137. The van der Waals surface area contributed by atoms with Crippen LogP contribution in [0.1, 0.15) is 15.9 Å². The van der Waals surface area contributed by atoms with E-state index < -0.39 is 32.6 Å². The van der Waals surface area contributed by atoms with E-state index in [0.29, 0.717) is 6.07 Å². The third-order valence-electron chi connectivity index (χ3n) is 3.08. The molecule has 2 aromatic rings. The first-order valence-electron chi connectivity index (χ1n) is 6.62. The molecule has 0 unspecified atom stereocenters. The second-order valence-corrected chi connectivity index (χ2v) is 6.88. The molecule has 0 atom stereocenters. The molecule has 0 aromatic heterocycles. The van der Waals surface area contributed by atoms with Crippen molar-refractivity contribution < 1.29 is 31.1 Å². The molecule has 5 nitrogen and oxygen atoms in total. The molecule has 0 saturated carbocycles. The Kier molecular flexibility index (Phi) is 5.28. The lowest BCUT2D eigenvalue weighted by Gasteiger charge is -2.12. The van der Waals surface area contributed by atoms with E-state index in [0.717, 1.165) is 31.4 Å². The van der Waals surface area contributed by atoms with Gasteiger partial charge in [-0.05, 0) is 36.4 Å². The zero-order valence-corrected chi connectivity index (χ0v) is 14.2. The van der Waals surface area contributed by atoms with E-state index >= 15 is 0 Å². The number of nitrogens with one attached hydrogen (secondary N) is 1. The second kappa shape index (κ2) is 6.93. The third-order valence-corrected chi connectivity index (χ3v) is 4.95. The van der Waals surface area contributed by atoms with Gasteiger partial charge in [0.25, 0.3) is 10.0 Å². The fourth-order valence-corrected chi connectivity index (χ4v) is 3.50. The number of benzene rings is 2. The van der Waals surface area contributed by atoms with Crippen LogP contribution in [0.3, 0.4) is 0 Å². The largest absolute Gasteiger partial charge is 0.465 e. The highest BCUT2D eigenvalue weighted by atomic mass is 35.5. The Morgan fingerprint density at radius 2 is 1.84 bits per heavy atom. The molecule has 0 heterocycles. The minimum Gasteiger partial charge on any atom is -0.465 e. The third kappa shape index (κ3) is 4.43. The first-order chi connectivity index (χ1) is 11.5. The van der Waals surface area contributed by atoms with Crippen LogP contribution in [0.25, 0.3) is 0 Å². The zero-order chi connectivity index (χ0) is 18.8. The monoisotopic (exact) mass is 393 g/mol. The summed E-state index contributed by atoms with van der Waals surface area (Å²) in [7, 11) is -3.21. The fraction of sp³-hybridized carbons (Fsp3) is 0.133. The molecule has 2 rings (SSSR count). The van der Waals surface area contributed by atoms with E-state index in [1.807, 2.05) is 4.72 Å². The summed E-state index contributed by atoms with van der Waals surface area (Å²) < 4.78 is 69.5. The summed E-state index contributed by atoms with van der Waals surface area (Å²) >= 11 is 5.85. The van der Waals surface area contributed by atoms with Gasteiger partial charge in [-0.2, -0.15) is 13.2 Å². The molecular weight excluding hydrogens is 383 g/mol. The molecule has 0 fully saturated rings. The van der Waals surface area contributed by atoms with Gasteiger partial charge in [0.15, 0.2) is 0 Å². The molecule has 0 spiro atoms. The molecule has 2 aromatic carbocycles. The molecule has 0 radical (unpaired) electrons. The van der Waals surface area contributed by atoms with Crippen molar-refractivity contribution in [1.82, 2.24) is 0 Å². The number of anilines is 1. The lowest BCUT2D eigenvalue weighted by Crippen LogP contribution is -2.15. The van der Waals surface area contributed by atoms with Gasteiger partial charge in [0.05, 0.1) is 23.3 Å². The standard InChI is InChI=1S/C15H11ClF3NO4S/c1-24-14(21)9-5-6-12(16)13(7-9)25(22,23)20-11-4-2-3-10(8-11)15(17,18)19/h2-8,20H,1H3. The number of hydrogen-bond donors (Lipinski definition) is 1. The number of carbonyl (C=O) groups is 1. The molecule has 0 aliphatic carbocycles. The maximum absolute atomic E-state index is 12.7. The summed E-state index contributed by atoms with van der Waals surface area (Å²) in [6.45, 7) is 0. The van der Waals surface area contributed by atoms with Gasteiger partial charge in [-0.3, -0.25) is 4.72 Å². The summed E-state index contributed by atoms with van der Waals surface area (Å²) in [5, 5.41) is -0.202. The Morgan fingerprint density at radius 1 is 1.16 bits per heavy atom. The Morgan fingerprint density at radius 3 is 2.44 bits per heavy atom. The normalized spacial score (nSPS) is 11.9.